The van der Waals surface area contributed by atoms with Crippen molar-refractivity contribution in [2.24, 2.45) is 0 Å². The van der Waals surface area contributed by atoms with Gasteiger partial charge >= 0.3 is 5.97 Å². The Morgan fingerprint density at radius 1 is 0.981 bits per heavy atom. The monoisotopic (exact) mass is 727 g/mol. The van der Waals surface area contributed by atoms with Gasteiger partial charge in [-0.25, -0.2) is 9.78 Å². The standard InChI is InChI=1S/C39H49N7O7/c1-46-18-14-39(15-19-46,38-42-36(44-45-38)28-11-16-40-17-12-28)43-30-8-5-7-29(25-30)37(49)41-33-13-24-53-34-10-9-31(26-32(33)34)52-23-4-2-3-20-50-21-6-22-51-27-35(47)48/h5,7-12,16-17,25-26,33,43H,2-4,6,13-15,18-24,27H2,1H3,(H,41,49)(H,47,48)(H,42,44,45). The summed E-state index contributed by atoms with van der Waals surface area (Å²) in [5.41, 5.74) is 2.71. The van der Waals surface area contributed by atoms with Gasteiger partial charge in [0.15, 0.2) is 11.6 Å². The molecule has 282 valence electrons. The molecule has 2 aliphatic heterocycles. The number of hydrogen-bond donors (Lipinski definition) is 4. The average Bonchev–Trinajstić information content (AvgIpc) is 3.68. The van der Waals surface area contributed by atoms with Gasteiger partial charge in [-0.3, -0.25) is 14.9 Å². The molecule has 0 aliphatic carbocycles. The van der Waals surface area contributed by atoms with Crippen molar-refractivity contribution in [1.82, 2.24) is 30.4 Å². The van der Waals surface area contributed by atoms with Crippen LogP contribution in [0.2, 0.25) is 0 Å². The largest absolute Gasteiger partial charge is 0.494 e. The van der Waals surface area contributed by atoms with Gasteiger partial charge < -0.3 is 39.6 Å². The molecule has 1 saturated heterocycles. The van der Waals surface area contributed by atoms with Gasteiger partial charge in [0.05, 0.1) is 24.8 Å². The number of aromatic amines is 1. The molecule has 0 saturated carbocycles. The van der Waals surface area contributed by atoms with Crippen molar-refractivity contribution in [2.75, 3.05) is 65.1 Å². The molecule has 1 fully saturated rings. The number of amides is 1. The molecule has 0 spiro atoms. The predicted molar refractivity (Wildman–Crippen MR) is 198 cm³/mol. The van der Waals surface area contributed by atoms with Crippen molar-refractivity contribution >= 4 is 17.6 Å². The fraction of sp³-hybridized carbons (Fsp3) is 0.462. The molecule has 4 N–H and O–H groups in total. The van der Waals surface area contributed by atoms with E-state index in [1.165, 1.54) is 0 Å². The van der Waals surface area contributed by atoms with E-state index in [0.717, 1.165) is 79.3 Å². The van der Waals surface area contributed by atoms with Gasteiger partial charge in [0, 0.05) is 74.1 Å². The Morgan fingerprint density at radius 2 is 1.77 bits per heavy atom. The van der Waals surface area contributed by atoms with Crippen LogP contribution >= 0.6 is 0 Å². The third-order valence-corrected chi connectivity index (χ3v) is 9.56. The average molecular weight is 728 g/mol. The minimum Gasteiger partial charge on any atom is -0.494 e. The molecular weight excluding hydrogens is 678 g/mol. The molecule has 14 nitrogen and oxygen atoms in total. The first-order valence-corrected chi connectivity index (χ1v) is 18.4. The summed E-state index contributed by atoms with van der Waals surface area (Å²) < 4.78 is 22.6. The second-order valence-electron chi connectivity index (χ2n) is 13.5. The highest BCUT2D eigenvalue weighted by atomic mass is 16.5. The molecule has 1 amide bonds. The summed E-state index contributed by atoms with van der Waals surface area (Å²) in [6, 6.07) is 17.0. The lowest BCUT2D eigenvalue weighted by atomic mass is 9.86. The van der Waals surface area contributed by atoms with Crippen LogP contribution in [0.25, 0.3) is 11.4 Å². The molecule has 2 aromatic carbocycles. The first-order chi connectivity index (χ1) is 25.9. The van der Waals surface area contributed by atoms with Crippen molar-refractivity contribution in [3.63, 3.8) is 0 Å². The number of pyridine rings is 1. The summed E-state index contributed by atoms with van der Waals surface area (Å²) >= 11 is 0. The van der Waals surface area contributed by atoms with E-state index in [0.29, 0.717) is 57.3 Å². The van der Waals surface area contributed by atoms with Gasteiger partial charge in [-0.1, -0.05) is 6.07 Å². The maximum absolute atomic E-state index is 13.7. The Morgan fingerprint density at radius 3 is 2.60 bits per heavy atom. The highest BCUT2D eigenvalue weighted by molar-refractivity contribution is 5.95. The number of piperidine rings is 1. The van der Waals surface area contributed by atoms with Crippen molar-refractivity contribution < 1.29 is 33.6 Å². The van der Waals surface area contributed by atoms with Crippen LogP contribution in [0.5, 0.6) is 11.5 Å². The zero-order valence-corrected chi connectivity index (χ0v) is 30.2. The lowest BCUT2D eigenvalue weighted by Gasteiger charge is -2.40. The molecule has 2 aromatic heterocycles. The molecule has 6 rings (SSSR count). The summed E-state index contributed by atoms with van der Waals surface area (Å²) in [5, 5.41) is 23.3. The minimum atomic E-state index is -0.965. The van der Waals surface area contributed by atoms with Crippen LogP contribution in [-0.4, -0.2) is 102 Å². The first-order valence-electron chi connectivity index (χ1n) is 18.4. The number of carboxylic acids is 1. The Bertz CT molecular complexity index is 1780. The number of ether oxygens (including phenoxy) is 4. The fourth-order valence-electron chi connectivity index (χ4n) is 6.59. The highest BCUT2D eigenvalue weighted by Crippen LogP contribution is 2.37. The van der Waals surface area contributed by atoms with Crippen molar-refractivity contribution in [1.29, 1.82) is 0 Å². The van der Waals surface area contributed by atoms with Crippen molar-refractivity contribution in [2.45, 2.75) is 56.5 Å². The number of aromatic nitrogens is 4. The van der Waals surface area contributed by atoms with E-state index in [-0.39, 0.29) is 18.6 Å². The lowest BCUT2D eigenvalue weighted by Crippen LogP contribution is -2.46. The Kier molecular flexibility index (Phi) is 13.2. The molecule has 0 radical (unpaired) electrons. The van der Waals surface area contributed by atoms with Gasteiger partial charge in [-0.15, -0.1) is 0 Å². The number of nitrogens with one attached hydrogen (secondary N) is 3. The quantitative estimate of drug-likeness (QED) is 0.0931. The Labute approximate surface area is 309 Å². The molecule has 0 bridgehead atoms. The Balaban J connectivity index is 1.02. The van der Waals surface area contributed by atoms with Gasteiger partial charge in [-0.05, 0) is 94.1 Å². The highest BCUT2D eigenvalue weighted by Gasteiger charge is 2.39. The third kappa shape index (κ3) is 10.5. The zero-order chi connectivity index (χ0) is 36.9. The number of anilines is 1. The summed E-state index contributed by atoms with van der Waals surface area (Å²) in [4.78, 5) is 35.5. The van der Waals surface area contributed by atoms with Crippen LogP contribution in [0.4, 0.5) is 5.69 Å². The molecule has 4 aromatic rings. The summed E-state index contributed by atoms with van der Waals surface area (Å²) in [5.74, 6) is 1.75. The van der Waals surface area contributed by atoms with E-state index in [2.05, 4.69) is 37.8 Å². The fourth-order valence-corrected chi connectivity index (χ4v) is 6.59. The van der Waals surface area contributed by atoms with Gasteiger partial charge in [0.25, 0.3) is 5.91 Å². The van der Waals surface area contributed by atoms with E-state index in [9.17, 15) is 9.59 Å². The van der Waals surface area contributed by atoms with E-state index in [1.54, 1.807) is 12.4 Å². The van der Waals surface area contributed by atoms with Crippen LogP contribution < -0.4 is 20.1 Å². The number of hydrogen-bond acceptors (Lipinski definition) is 11. The number of carbonyl (C=O) groups excluding carboxylic acids is 1. The summed E-state index contributed by atoms with van der Waals surface area (Å²) in [7, 11) is 2.12. The molecule has 4 heterocycles. The molecule has 1 unspecified atom stereocenters. The van der Waals surface area contributed by atoms with Gasteiger partial charge in [-0.2, -0.15) is 5.10 Å². The number of nitrogens with zero attached hydrogens (tertiary/aromatic N) is 4. The second-order valence-corrected chi connectivity index (χ2v) is 13.5. The number of carboxylic acid groups (broad SMARTS) is 1. The van der Waals surface area contributed by atoms with E-state index >= 15 is 0 Å². The number of likely N-dealkylation sites (tertiary alicyclic amines) is 1. The summed E-state index contributed by atoms with van der Waals surface area (Å²) in [6.07, 6.45) is 9.16. The van der Waals surface area contributed by atoms with Gasteiger partial charge in [0.2, 0.25) is 0 Å². The van der Waals surface area contributed by atoms with Crippen LogP contribution in [0, 0.1) is 0 Å². The maximum Gasteiger partial charge on any atom is 0.329 e. The molecule has 14 heteroatoms. The number of unbranched alkanes of at least 4 members (excludes halogenated alkanes) is 2. The third-order valence-electron chi connectivity index (χ3n) is 9.56. The molecule has 53 heavy (non-hydrogen) atoms. The van der Waals surface area contributed by atoms with E-state index in [1.807, 2.05) is 54.6 Å². The SMILES string of the molecule is CN1CCC(Nc2cccc(C(=O)NC3CCOc4ccc(OCCCCCOCCCOCC(=O)O)cc43)c2)(c2nc(-c3ccncc3)n[nH]2)CC1. The van der Waals surface area contributed by atoms with Gasteiger partial charge in [0.1, 0.15) is 18.1 Å². The lowest BCUT2D eigenvalue weighted by molar-refractivity contribution is -0.142. The van der Waals surface area contributed by atoms with Crippen molar-refractivity contribution in [3.05, 3.63) is 83.9 Å². The summed E-state index contributed by atoms with van der Waals surface area (Å²) in [6.45, 7) is 4.13. The van der Waals surface area contributed by atoms with Crippen LogP contribution in [-0.2, 0) is 19.8 Å². The van der Waals surface area contributed by atoms with E-state index in [4.69, 9.17) is 29.0 Å². The number of aliphatic carboxylic acids is 1. The second kappa shape index (κ2) is 18.6. The number of fused-ring (bicyclic) bond motifs is 1. The molecule has 1 atom stereocenters. The molecule has 2 aliphatic rings. The van der Waals surface area contributed by atoms with Crippen LogP contribution in [0.15, 0.2) is 67.0 Å². The number of carbonyl (C=O) groups is 2. The maximum atomic E-state index is 13.7. The van der Waals surface area contributed by atoms with Crippen molar-refractivity contribution in [3.8, 4) is 22.9 Å². The number of H-pyrrole nitrogens is 1. The topological polar surface area (TPSA) is 173 Å². The zero-order valence-electron chi connectivity index (χ0n) is 30.2. The predicted octanol–water partition coefficient (Wildman–Crippen LogP) is 5.21. The minimum absolute atomic E-state index is 0.162. The smallest absolute Gasteiger partial charge is 0.329 e. The Hall–Kier alpha value is -5.05. The number of rotatable bonds is 19. The number of benzene rings is 2. The molecular formula is C39H49N7O7. The van der Waals surface area contributed by atoms with Crippen LogP contribution in [0.1, 0.15) is 72.7 Å². The van der Waals surface area contributed by atoms with E-state index < -0.39 is 11.5 Å². The normalized spacial score (nSPS) is 16.7. The first kappa shape index (κ1) is 37.7. The van der Waals surface area contributed by atoms with Crippen LogP contribution in [0.3, 0.4) is 0 Å².